The van der Waals surface area contributed by atoms with Crippen LogP contribution in [0.2, 0.25) is 5.02 Å². The van der Waals surface area contributed by atoms with Gasteiger partial charge in [-0.2, -0.15) is 17.9 Å². The molecule has 192 valence electrons. The predicted molar refractivity (Wildman–Crippen MR) is 144 cm³/mol. The summed E-state index contributed by atoms with van der Waals surface area (Å²) in [6.45, 7) is 4.86. The van der Waals surface area contributed by atoms with Crippen LogP contribution in [0, 0.1) is 13.8 Å². The Morgan fingerprint density at radius 3 is 2.43 bits per heavy atom. The fourth-order valence-electron chi connectivity index (χ4n) is 4.53. The van der Waals surface area contributed by atoms with Gasteiger partial charge in [-0.1, -0.05) is 11.6 Å². The van der Waals surface area contributed by atoms with E-state index >= 15 is 0 Å². The average Bonchev–Trinajstić information content (AvgIpc) is 3.46. The Labute approximate surface area is 220 Å². The van der Waals surface area contributed by atoms with Crippen molar-refractivity contribution in [2.75, 3.05) is 32.2 Å². The molecule has 37 heavy (non-hydrogen) atoms. The molecule has 0 spiro atoms. The number of aryl methyl sites for hydroxylation is 2. The molecule has 1 aliphatic heterocycles. The number of methoxy groups -OCH3 is 2. The number of rotatable bonds is 6. The number of halogens is 1. The van der Waals surface area contributed by atoms with Gasteiger partial charge in [0.05, 0.1) is 54.1 Å². The number of hydrogen-bond donors (Lipinski definition) is 0. The molecule has 3 heterocycles. The third-order valence-electron chi connectivity index (χ3n) is 6.26. The van der Waals surface area contributed by atoms with Gasteiger partial charge in [0.15, 0.2) is 17.1 Å². The molecule has 0 atom stereocenters. The summed E-state index contributed by atoms with van der Waals surface area (Å²) in [5.74, 6) is 1.25. The molecule has 4 aromatic rings. The largest absolute Gasteiger partial charge is 0.493 e. The first kappa shape index (κ1) is 25.0. The Hall–Kier alpha value is -3.63. The van der Waals surface area contributed by atoms with Crippen LogP contribution in [0.25, 0.3) is 16.9 Å². The summed E-state index contributed by atoms with van der Waals surface area (Å²) < 4.78 is 42.5. The van der Waals surface area contributed by atoms with E-state index in [1.54, 1.807) is 26.4 Å². The molecular formula is C26H26ClN5O4S. The Morgan fingerprint density at radius 1 is 1.00 bits per heavy atom. The summed E-state index contributed by atoms with van der Waals surface area (Å²) in [5.41, 5.74) is 5.51. The standard InChI is InChI=1S/C26H26ClN5O4S/c1-16-13-22(31-12-11-20(15-31)30-37(33,34)21-8-6-19(27)7-9-21)26-28-17(2)25(32(26)29-16)18-5-10-23(35-3)24(14-18)36-4/h5-10,13-14H,11-12,15H2,1-4H3/b30-20-. The second kappa shape index (κ2) is 9.68. The molecule has 0 bridgehead atoms. The van der Waals surface area contributed by atoms with Gasteiger partial charge in [0.2, 0.25) is 0 Å². The van der Waals surface area contributed by atoms with E-state index < -0.39 is 10.0 Å². The highest BCUT2D eigenvalue weighted by Gasteiger charge is 2.26. The van der Waals surface area contributed by atoms with Gasteiger partial charge in [0.25, 0.3) is 10.0 Å². The number of benzene rings is 2. The number of fused-ring (bicyclic) bond motifs is 1. The highest BCUT2D eigenvalue weighted by atomic mass is 35.5. The highest BCUT2D eigenvalue weighted by Crippen LogP contribution is 2.35. The summed E-state index contributed by atoms with van der Waals surface area (Å²) in [6.07, 6.45) is 0.530. The highest BCUT2D eigenvalue weighted by molar-refractivity contribution is 7.90. The maximum absolute atomic E-state index is 12.8. The fourth-order valence-corrected chi connectivity index (χ4v) is 5.73. The second-order valence-electron chi connectivity index (χ2n) is 8.78. The summed E-state index contributed by atoms with van der Waals surface area (Å²) in [7, 11) is -0.620. The molecule has 0 radical (unpaired) electrons. The minimum atomic E-state index is -3.82. The number of ether oxygens (including phenoxy) is 2. The third-order valence-corrected chi connectivity index (χ3v) is 7.88. The van der Waals surface area contributed by atoms with Crippen LogP contribution >= 0.6 is 11.6 Å². The quantitative estimate of drug-likeness (QED) is 0.349. The lowest BCUT2D eigenvalue weighted by Gasteiger charge is -2.18. The van der Waals surface area contributed by atoms with Crippen LogP contribution in [0.1, 0.15) is 17.8 Å². The fraction of sp³-hybridized carbons (Fsp3) is 0.269. The Morgan fingerprint density at radius 2 is 1.73 bits per heavy atom. The topological polar surface area (TPSA) is 98.4 Å². The molecule has 1 fully saturated rings. The molecule has 0 N–H and O–H groups in total. The van der Waals surface area contributed by atoms with Crippen molar-refractivity contribution in [1.29, 1.82) is 0 Å². The first-order valence-corrected chi connectivity index (χ1v) is 13.4. The minimum absolute atomic E-state index is 0.119. The van der Waals surface area contributed by atoms with Crippen LogP contribution in [0.4, 0.5) is 5.69 Å². The Balaban J connectivity index is 1.52. The average molecular weight is 540 g/mol. The van der Waals surface area contributed by atoms with Crippen molar-refractivity contribution in [2.24, 2.45) is 4.40 Å². The molecule has 2 aromatic heterocycles. The molecule has 2 aromatic carbocycles. The molecule has 11 heteroatoms. The Kier molecular flexibility index (Phi) is 6.55. The molecule has 0 aliphatic carbocycles. The maximum Gasteiger partial charge on any atom is 0.282 e. The molecule has 0 saturated carbocycles. The van der Waals surface area contributed by atoms with E-state index in [-0.39, 0.29) is 4.90 Å². The molecule has 0 unspecified atom stereocenters. The molecular weight excluding hydrogens is 514 g/mol. The second-order valence-corrected chi connectivity index (χ2v) is 10.8. The SMILES string of the molecule is COc1ccc(-c2c(C)nc3c(N4CC/C(=N/S(=O)(=O)c5ccc(Cl)cc5)C4)cc(C)nn23)cc1OC. The molecule has 5 rings (SSSR count). The summed E-state index contributed by atoms with van der Waals surface area (Å²) >= 11 is 5.90. The van der Waals surface area contributed by atoms with Gasteiger partial charge in [-0.3, -0.25) is 0 Å². The van der Waals surface area contributed by atoms with Crippen LogP contribution in [0.3, 0.4) is 0 Å². The Bertz CT molecular complexity index is 1630. The van der Waals surface area contributed by atoms with E-state index in [1.165, 1.54) is 12.1 Å². The predicted octanol–water partition coefficient (Wildman–Crippen LogP) is 4.72. The van der Waals surface area contributed by atoms with Gasteiger partial charge in [-0.15, -0.1) is 0 Å². The summed E-state index contributed by atoms with van der Waals surface area (Å²) in [4.78, 5) is 7.05. The van der Waals surface area contributed by atoms with Crippen molar-refractivity contribution < 1.29 is 17.9 Å². The van der Waals surface area contributed by atoms with Crippen LogP contribution in [-0.2, 0) is 10.0 Å². The normalized spacial score (nSPS) is 15.1. The number of nitrogens with zero attached hydrogens (tertiary/aromatic N) is 5. The first-order chi connectivity index (χ1) is 17.7. The lowest BCUT2D eigenvalue weighted by atomic mass is 10.1. The van der Waals surface area contributed by atoms with E-state index in [0.29, 0.717) is 47.4 Å². The van der Waals surface area contributed by atoms with Gasteiger partial charge in [0, 0.05) is 23.6 Å². The lowest BCUT2D eigenvalue weighted by Crippen LogP contribution is -2.21. The minimum Gasteiger partial charge on any atom is -0.493 e. The molecule has 1 saturated heterocycles. The molecule has 1 aliphatic rings. The van der Waals surface area contributed by atoms with E-state index in [2.05, 4.69) is 9.30 Å². The number of anilines is 1. The van der Waals surface area contributed by atoms with Crippen molar-refractivity contribution >= 4 is 38.7 Å². The summed E-state index contributed by atoms with van der Waals surface area (Å²) in [6, 6.07) is 13.7. The van der Waals surface area contributed by atoms with E-state index in [4.69, 9.17) is 31.2 Å². The number of sulfonamides is 1. The van der Waals surface area contributed by atoms with Crippen LogP contribution in [-0.4, -0.2) is 56.0 Å². The van der Waals surface area contributed by atoms with Crippen LogP contribution in [0.15, 0.2) is 57.8 Å². The zero-order chi connectivity index (χ0) is 26.3. The van der Waals surface area contributed by atoms with Crippen molar-refractivity contribution in [2.45, 2.75) is 25.2 Å². The van der Waals surface area contributed by atoms with Gasteiger partial charge in [-0.25, -0.2) is 9.50 Å². The monoisotopic (exact) mass is 539 g/mol. The van der Waals surface area contributed by atoms with Gasteiger partial charge < -0.3 is 14.4 Å². The smallest absolute Gasteiger partial charge is 0.282 e. The van der Waals surface area contributed by atoms with E-state index in [0.717, 1.165) is 28.3 Å². The van der Waals surface area contributed by atoms with Crippen molar-refractivity contribution in [1.82, 2.24) is 14.6 Å². The van der Waals surface area contributed by atoms with E-state index in [9.17, 15) is 8.42 Å². The zero-order valence-electron chi connectivity index (χ0n) is 20.9. The van der Waals surface area contributed by atoms with Crippen molar-refractivity contribution in [3.8, 4) is 22.8 Å². The lowest BCUT2D eigenvalue weighted by molar-refractivity contribution is 0.355. The molecule has 0 amide bonds. The van der Waals surface area contributed by atoms with E-state index in [1.807, 2.05) is 42.6 Å². The van der Waals surface area contributed by atoms with Crippen LogP contribution in [0.5, 0.6) is 11.5 Å². The number of aromatic nitrogens is 3. The molecule has 9 nitrogen and oxygen atoms in total. The van der Waals surface area contributed by atoms with Crippen molar-refractivity contribution in [3.63, 3.8) is 0 Å². The summed E-state index contributed by atoms with van der Waals surface area (Å²) in [5, 5.41) is 5.22. The maximum atomic E-state index is 12.8. The number of imidazole rings is 1. The zero-order valence-corrected chi connectivity index (χ0v) is 22.5. The van der Waals surface area contributed by atoms with Gasteiger partial charge >= 0.3 is 0 Å². The van der Waals surface area contributed by atoms with Gasteiger partial charge in [0.1, 0.15) is 0 Å². The third kappa shape index (κ3) is 4.74. The van der Waals surface area contributed by atoms with Crippen molar-refractivity contribution in [3.05, 3.63) is 64.9 Å². The van der Waals surface area contributed by atoms with Crippen LogP contribution < -0.4 is 14.4 Å². The number of hydrogen-bond acceptors (Lipinski definition) is 7. The van der Waals surface area contributed by atoms with Gasteiger partial charge in [-0.05, 0) is 62.4 Å². The first-order valence-electron chi connectivity index (χ1n) is 11.6.